The molecule has 4 rings (SSSR count). The molecular formula is C18H22FN5O3. The van der Waals surface area contributed by atoms with Crippen LogP contribution in [0.4, 0.5) is 10.1 Å². The van der Waals surface area contributed by atoms with Gasteiger partial charge in [0, 0.05) is 45.2 Å². The quantitative estimate of drug-likeness (QED) is 0.735. The molecule has 2 N–H and O–H groups in total. The first-order chi connectivity index (χ1) is 12.9. The van der Waals surface area contributed by atoms with Crippen LogP contribution in [0.15, 0.2) is 16.9 Å². The molecule has 0 saturated carbocycles. The zero-order valence-electron chi connectivity index (χ0n) is 15.3. The van der Waals surface area contributed by atoms with Gasteiger partial charge in [-0.1, -0.05) is 0 Å². The lowest BCUT2D eigenvalue weighted by atomic mass is 10.1. The molecule has 9 heteroatoms. The number of imidazole rings is 1. The van der Waals surface area contributed by atoms with Crippen LogP contribution in [-0.4, -0.2) is 46.6 Å². The molecule has 2 amide bonds. The van der Waals surface area contributed by atoms with Gasteiger partial charge in [0.1, 0.15) is 11.9 Å². The van der Waals surface area contributed by atoms with Gasteiger partial charge in [-0.2, -0.15) is 0 Å². The van der Waals surface area contributed by atoms with Gasteiger partial charge in [0.2, 0.25) is 11.8 Å². The lowest BCUT2D eigenvalue weighted by Crippen LogP contribution is -2.50. The zero-order valence-corrected chi connectivity index (χ0v) is 15.3. The number of piperazine rings is 1. The number of benzene rings is 1. The third-order valence-electron chi connectivity index (χ3n) is 5.49. The van der Waals surface area contributed by atoms with Gasteiger partial charge in [-0.25, -0.2) is 9.18 Å². The van der Waals surface area contributed by atoms with Crippen LogP contribution in [0.25, 0.3) is 11.0 Å². The van der Waals surface area contributed by atoms with E-state index in [-0.39, 0.29) is 24.8 Å². The molecule has 0 spiro atoms. The normalized spacial score (nSPS) is 23.7. The molecule has 3 heterocycles. The average Bonchev–Trinajstić information content (AvgIpc) is 2.86. The fourth-order valence-corrected chi connectivity index (χ4v) is 4.02. The minimum atomic E-state index is -0.817. The highest BCUT2D eigenvalue weighted by Crippen LogP contribution is 2.30. The third-order valence-corrected chi connectivity index (χ3v) is 5.49. The van der Waals surface area contributed by atoms with Crippen molar-refractivity contribution in [2.75, 3.05) is 24.5 Å². The number of aryl methyl sites for hydroxylation is 1. The molecule has 0 aliphatic carbocycles. The number of hydrogen-bond acceptors (Lipinski definition) is 5. The minimum Gasteiger partial charge on any atom is -0.364 e. The van der Waals surface area contributed by atoms with Crippen molar-refractivity contribution in [2.24, 2.45) is 7.05 Å². The van der Waals surface area contributed by atoms with E-state index in [4.69, 9.17) is 0 Å². The van der Waals surface area contributed by atoms with Crippen LogP contribution in [0.2, 0.25) is 0 Å². The average molecular weight is 375 g/mol. The Bertz CT molecular complexity index is 995. The molecule has 144 valence electrons. The number of hydrogen-bond donors (Lipinski definition) is 2. The summed E-state index contributed by atoms with van der Waals surface area (Å²) in [7, 11) is 1.61. The number of carbonyl (C=O) groups is 2. The van der Waals surface area contributed by atoms with E-state index in [2.05, 4.69) is 10.6 Å². The lowest BCUT2D eigenvalue weighted by Gasteiger charge is -2.36. The Morgan fingerprint density at radius 2 is 1.96 bits per heavy atom. The van der Waals surface area contributed by atoms with E-state index in [0.29, 0.717) is 23.3 Å². The Balaban J connectivity index is 1.85. The van der Waals surface area contributed by atoms with Crippen molar-refractivity contribution in [2.45, 2.75) is 31.8 Å². The van der Waals surface area contributed by atoms with E-state index in [1.54, 1.807) is 13.1 Å². The number of amides is 2. The molecule has 2 aliphatic heterocycles. The third kappa shape index (κ3) is 2.82. The maximum Gasteiger partial charge on any atom is 0.329 e. The number of halogens is 1. The summed E-state index contributed by atoms with van der Waals surface area (Å²) in [5.74, 6) is -1.31. The number of rotatable bonds is 2. The first-order valence-electron chi connectivity index (χ1n) is 9.10. The van der Waals surface area contributed by atoms with Crippen LogP contribution in [0, 0.1) is 5.82 Å². The second-order valence-corrected chi connectivity index (χ2v) is 7.22. The van der Waals surface area contributed by atoms with Crippen molar-refractivity contribution in [3.05, 3.63) is 28.4 Å². The molecule has 0 bridgehead atoms. The molecule has 1 aromatic heterocycles. The topological polar surface area (TPSA) is 88.4 Å². The Labute approximate surface area is 154 Å². The number of nitrogens with zero attached hydrogens (tertiary/aromatic N) is 3. The molecule has 2 aromatic rings. The molecule has 1 aromatic carbocycles. The van der Waals surface area contributed by atoms with Gasteiger partial charge in [0.25, 0.3) is 0 Å². The number of anilines is 1. The first-order valence-corrected chi connectivity index (χ1v) is 9.10. The summed E-state index contributed by atoms with van der Waals surface area (Å²) in [6, 6.07) is 2.31. The van der Waals surface area contributed by atoms with Crippen LogP contribution in [0.1, 0.15) is 25.8 Å². The molecule has 1 unspecified atom stereocenters. The van der Waals surface area contributed by atoms with Gasteiger partial charge < -0.3 is 10.2 Å². The van der Waals surface area contributed by atoms with Crippen molar-refractivity contribution in [1.82, 2.24) is 19.8 Å². The fourth-order valence-electron chi connectivity index (χ4n) is 4.02. The Kier molecular flexibility index (Phi) is 4.26. The number of nitrogens with one attached hydrogen (secondary N) is 2. The van der Waals surface area contributed by atoms with Crippen molar-refractivity contribution < 1.29 is 14.0 Å². The van der Waals surface area contributed by atoms with Gasteiger partial charge in [0.15, 0.2) is 0 Å². The SMILES string of the molecule is C[C@H]1CNCCN1c1cc2c(cc1F)n(C1CCC(=O)NC1=O)c(=O)n2C. The number of piperidine rings is 1. The smallest absolute Gasteiger partial charge is 0.329 e. The van der Waals surface area contributed by atoms with E-state index in [1.165, 1.54) is 15.2 Å². The maximum atomic E-state index is 15.0. The lowest BCUT2D eigenvalue weighted by molar-refractivity contribution is -0.135. The fraction of sp³-hybridized carbons (Fsp3) is 0.500. The second kappa shape index (κ2) is 6.49. The highest BCUT2D eigenvalue weighted by Gasteiger charge is 2.32. The molecule has 0 radical (unpaired) electrons. The number of fused-ring (bicyclic) bond motifs is 1. The van der Waals surface area contributed by atoms with Crippen molar-refractivity contribution >= 4 is 28.5 Å². The predicted octanol–water partition coefficient (Wildman–Crippen LogP) is 0.255. The number of aromatic nitrogens is 2. The molecule has 27 heavy (non-hydrogen) atoms. The molecule has 8 nitrogen and oxygen atoms in total. The molecule has 2 atom stereocenters. The van der Waals surface area contributed by atoms with Crippen LogP contribution >= 0.6 is 0 Å². The minimum absolute atomic E-state index is 0.125. The van der Waals surface area contributed by atoms with Crippen LogP contribution in [0.3, 0.4) is 0 Å². The predicted molar refractivity (Wildman–Crippen MR) is 98.2 cm³/mol. The van der Waals surface area contributed by atoms with Crippen LogP contribution in [0.5, 0.6) is 0 Å². The molecule has 2 saturated heterocycles. The molecule has 2 fully saturated rings. The van der Waals surface area contributed by atoms with Gasteiger partial charge >= 0.3 is 5.69 Å². The summed E-state index contributed by atoms with van der Waals surface area (Å²) < 4.78 is 17.7. The van der Waals surface area contributed by atoms with E-state index in [9.17, 15) is 18.8 Å². The van der Waals surface area contributed by atoms with Gasteiger partial charge in [-0.3, -0.25) is 24.0 Å². The Hall–Kier alpha value is -2.68. The van der Waals surface area contributed by atoms with Crippen LogP contribution < -0.4 is 21.2 Å². The largest absolute Gasteiger partial charge is 0.364 e. The van der Waals surface area contributed by atoms with Crippen molar-refractivity contribution in [1.29, 1.82) is 0 Å². The summed E-state index contributed by atoms with van der Waals surface area (Å²) in [5, 5.41) is 5.53. The standard InChI is InChI=1S/C18H22FN5O3/c1-10-9-20-5-6-23(10)13-8-14-15(7-11(13)19)24(18(27)22(14)2)12-3-4-16(25)21-17(12)26/h7-8,10,12,20H,3-6,9H2,1-2H3,(H,21,25,26)/t10-,12?/m0/s1. The molecular weight excluding hydrogens is 353 g/mol. The highest BCUT2D eigenvalue weighted by molar-refractivity contribution is 6.00. The van der Waals surface area contributed by atoms with Crippen molar-refractivity contribution in [3.8, 4) is 0 Å². The van der Waals surface area contributed by atoms with Crippen molar-refractivity contribution in [3.63, 3.8) is 0 Å². The molecule has 2 aliphatic rings. The van der Waals surface area contributed by atoms with Gasteiger partial charge in [-0.15, -0.1) is 0 Å². The Morgan fingerprint density at radius 1 is 1.19 bits per heavy atom. The van der Waals surface area contributed by atoms with E-state index < -0.39 is 23.5 Å². The monoisotopic (exact) mass is 375 g/mol. The number of carbonyl (C=O) groups excluding carboxylic acids is 2. The Morgan fingerprint density at radius 3 is 2.67 bits per heavy atom. The van der Waals surface area contributed by atoms with Gasteiger partial charge in [-0.05, 0) is 19.4 Å². The summed E-state index contributed by atoms with van der Waals surface area (Å²) in [5.41, 5.74) is 0.977. The van der Waals surface area contributed by atoms with E-state index in [0.717, 1.165) is 13.1 Å². The summed E-state index contributed by atoms with van der Waals surface area (Å²) in [4.78, 5) is 38.4. The second-order valence-electron chi connectivity index (χ2n) is 7.22. The van der Waals surface area contributed by atoms with Gasteiger partial charge in [0.05, 0.1) is 16.7 Å². The summed E-state index contributed by atoms with van der Waals surface area (Å²) >= 11 is 0. The highest BCUT2D eigenvalue weighted by atomic mass is 19.1. The maximum absolute atomic E-state index is 15.0. The first kappa shape index (κ1) is 17.7. The summed E-state index contributed by atoms with van der Waals surface area (Å²) in [6.07, 6.45) is 0.375. The van der Waals surface area contributed by atoms with Crippen LogP contribution in [-0.2, 0) is 16.6 Å². The zero-order chi connectivity index (χ0) is 19.3. The number of imide groups is 1. The van der Waals surface area contributed by atoms with E-state index in [1.807, 2.05) is 11.8 Å². The summed E-state index contributed by atoms with van der Waals surface area (Å²) in [6.45, 7) is 4.21. The van der Waals surface area contributed by atoms with E-state index >= 15 is 0 Å².